The Bertz CT molecular complexity index is 703. The third kappa shape index (κ3) is 3.48. The molecule has 0 saturated heterocycles. The smallest absolute Gasteiger partial charge is 0.198 e. The van der Waals surface area contributed by atoms with Gasteiger partial charge >= 0.3 is 0 Å². The first-order valence-electron chi connectivity index (χ1n) is 8.35. The van der Waals surface area contributed by atoms with Crippen molar-refractivity contribution in [2.24, 2.45) is 0 Å². The largest absolute Gasteiger partial charge is 0.482 e. The summed E-state index contributed by atoms with van der Waals surface area (Å²) in [5.74, 6) is 0.735. The van der Waals surface area contributed by atoms with Crippen molar-refractivity contribution in [2.45, 2.75) is 12.6 Å². The van der Waals surface area contributed by atoms with Gasteiger partial charge in [-0.05, 0) is 24.3 Å². The van der Waals surface area contributed by atoms with Crippen LogP contribution in [0.1, 0.15) is 6.42 Å². The van der Waals surface area contributed by atoms with E-state index in [0.29, 0.717) is 13.1 Å². The van der Waals surface area contributed by atoms with Crippen LogP contribution >= 0.6 is 0 Å². The van der Waals surface area contributed by atoms with E-state index in [2.05, 4.69) is 21.9 Å². The average molecular weight is 340 g/mol. The highest BCUT2D eigenvalue weighted by molar-refractivity contribution is 5.59. The molecule has 5 heteroatoms. The Morgan fingerprint density at radius 1 is 0.960 bits per heavy atom. The van der Waals surface area contributed by atoms with Crippen LogP contribution in [0.4, 0.5) is 11.4 Å². The van der Waals surface area contributed by atoms with Crippen LogP contribution in [-0.2, 0) is 9.47 Å². The summed E-state index contributed by atoms with van der Waals surface area (Å²) in [4.78, 5) is 4.27. The van der Waals surface area contributed by atoms with Gasteiger partial charge in [-0.1, -0.05) is 36.4 Å². The van der Waals surface area contributed by atoms with E-state index in [1.54, 1.807) is 14.2 Å². The van der Waals surface area contributed by atoms with Gasteiger partial charge in [0.1, 0.15) is 6.67 Å². The molecule has 0 fully saturated rings. The van der Waals surface area contributed by atoms with Gasteiger partial charge in [-0.3, -0.25) is 4.90 Å². The van der Waals surface area contributed by atoms with Crippen molar-refractivity contribution in [3.8, 4) is 0 Å². The SMILES string of the molecule is COC1=C(CCO)C(OC)N(c2ccccc2)CN1c1ccccc1. The lowest BCUT2D eigenvalue weighted by atomic mass is 10.1. The maximum atomic E-state index is 9.58. The highest BCUT2D eigenvalue weighted by atomic mass is 16.5. The molecule has 0 spiro atoms. The molecule has 1 N–H and O–H groups in total. The second-order valence-electron chi connectivity index (χ2n) is 5.81. The van der Waals surface area contributed by atoms with Crippen LogP contribution in [0.3, 0.4) is 0 Å². The van der Waals surface area contributed by atoms with Gasteiger partial charge in [0.2, 0.25) is 0 Å². The molecule has 5 nitrogen and oxygen atoms in total. The van der Waals surface area contributed by atoms with Crippen LogP contribution in [0.15, 0.2) is 72.1 Å². The maximum Gasteiger partial charge on any atom is 0.198 e. The Labute approximate surface area is 148 Å². The molecule has 0 amide bonds. The Balaban J connectivity index is 2.10. The number of ether oxygens (including phenoxy) is 2. The topological polar surface area (TPSA) is 45.2 Å². The predicted octanol–water partition coefficient (Wildman–Crippen LogP) is 3.18. The molecule has 1 aliphatic heterocycles. The number of anilines is 2. The fraction of sp³-hybridized carbons (Fsp3) is 0.300. The lowest BCUT2D eigenvalue weighted by Gasteiger charge is -2.44. The summed E-state index contributed by atoms with van der Waals surface area (Å²) in [7, 11) is 3.34. The second kappa shape index (κ2) is 8.05. The third-order valence-electron chi connectivity index (χ3n) is 4.35. The zero-order valence-corrected chi connectivity index (χ0v) is 14.6. The normalized spacial score (nSPS) is 17.8. The van der Waals surface area contributed by atoms with Crippen LogP contribution in [-0.4, -0.2) is 38.8 Å². The van der Waals surface area contributed by atoms with Gasteiger partial charge in [-0.2, -0.15) is 0 Å². The van der Waals surface area contributed by atoms with Crippen molar-refractivity contribution >= 4 is 11.4 Å². The van der Waals surface area contributed by atoms with Crippen molar-refractivity contribution in [1.29, 1.82) is 0 Å². The van der Waals surface area contributed by atoms with E-state index in [1.807, 2.05) is 48.5 Å². The highest BCUT2D eigenvalue weighted by Gasteiger charge is 2.35. The van der Waals surface area contributed by atoms with Gasteiger partial charge in [0.25, 0.3) is 0 Å². The Kier molecular flexibility index (Phi) is 5.58. The van der Waals surface area contributed by atoms with E-state index in [-0.39, 0.29) is 12.8 Å². The molecular formula is C20H24N2O3. The summed E-state index contributed by atoms with van der Waals surface area (Å²) < 4.78 is 11.5. The lowest BCUT2D eigenvalue weighted by molar-refractivity contribution is 0.104. The molecule has 1 atom stereocenters. The minimum Gasteiger partial charge on any atom is -0.482 e. The summed E-state index contributed by atoms with van der Waals surface area (Å²) in [5.41, 5.74) is 3.01. The molecule has 132 valence electrons. The van der Waals surface area contributed by atoms with E-state index in [1.165, 1.54) is 0 Å². The quantitative estimate of drug-likeness (QED) is 0.875. The maximum absolute atomic E-state index is 9.58. The van der Waals surface area contributed by atoms with Crippen LogP contribution in [0.2, 0.25) is 0 Å². The van der Waals surface area contributed by atoms with E-state index < -0.39 is 0 Å². The summed E-state index contributed by atoms with van der Waals surface area (Å²) in [5, 5.41) is 9.58. The number of aliphatic hydroxyl groups is 1. The molecule has 0 radical (unpaired) electrons. The molecule has 1 unspecified atom stereocenters. The Hall–Kier alpha value is -2.50. The van der Waals surface area contributed by atoms with E-state index in [0.717, 1.165) is 22.8 Å². The van der Waals surface area contributed by atoms with Crippen molar-refractivity contribution in [2.75, 3.05) is 37.3 Å². The van der Waals surface area contributed by atoms with Crippen LogP contribution < -0.4 is 9.80 Å². The van der Waals surface area contributed by atoms with Crippen molar-refractivity contribution in [1.82, 2.24) is 0 Å². The standard InChI is InChI=1S/C20H24N2O3/c1-24-19-18(13-14-23)20(25-2)22(17-11-7-4-8-12-17)15-21(19)16-9-5-3-6-10-16/h3-12,19,23H,13-15H2,1-2H3. The molecule has 0 saturated carbocycles. The summed E-state index contributed by atoms with van der Waals surface area (Å²) >= 11 is 0. The Morgan fingerprint density at radius 3 is 2.08 bits per heavy atom. The van der Waals surface area contributed by atoms with Gasteiger partial charge in [0, 0.05) is 37.1 Å². The zero-order chi connectivity index (χ0) is 17.6. The van der Waals surface area contributed by atoms with Gasteiger partial charge in [-0.25, -0.2) is 0 Å². The molecular weight excluding hydrogens is 316 g/mol. The number of hydrogen-bond donors (Lipinski definition) is 1. The Morgan fingerprint density at radius 2 is 1.56 bits per heavy atom. The van der Waals surface area contributed by atoms with Crippen molar-refractivity contribution < 1.29 is 14.6 Å². The predicted molar refractivity (Wildman–Crippen MR) is 99.2 cm³/mol. The van der Waals surface area contributed by atoms with Gasteiger partial charge < -0.3 is 19.5 Å². The molecule has 1 aliphatic rings. The molecule has 0 aliphatic carbocycles. The molecule has 2 aromatic rings. The first-order valence-corrected chi connectivity index (χ1v) is 8.35. The first-order chi connectivity index (χ1) is 12.3. The number of nitrogens with zero attached hydrogens (tertiary/aromatic N) is 2. The average Bonchev–Trinajstić information content (AvgIpc) is 2.68. The number of rotatable bonds is 6. The molecule has 25 heavy (non-hydrogen) atoms. The second-order valence-corrected chi connectivity index (χ2v) is 5.81. The number of benzene rings is 2. The van der Waals surface area contributed by atoms with Crippen LogP contribution in [0.5, 0.6) is 0 Å². The molecule has 0 aromatic heterocycles. The number of hydrogen-bond acceptors (Lipinski definition) is 5. The third-order valence-corrected chi connectivity index (χ3v) is 4.35. The molecule has 0 bridgehead atoms. The summed E-state index contributed by atoms with van der Waals surface area (Å²) in [6.07, 6.45) is 0.193. The van der Waals surface area contributed by atoms with Gasteiger partial charge in [-0.15, -0.1) is 0 Å². The number of methoxy groups -OCH3 is 2. The molecule has 3 rings (SSSR count). The van der Waals surface area contributed by atoms with Crippen molar-refractivity contribution in [3.05, 3.63) is 72.1 Å². The van der Waals surface area contributed by atoms with Gasteiger partial charge in [0.05, 0.1) is 7.11 Å². The highest BCUT2D eigenvalue weighted by Crippen LogP contribution is 2.34. The van der Waals surface area contributed by atoms with E-state index in [4.69, 9.17) is 9.47 Å². The van der Waals surface area contributed by atoms with Gasteiger partial charge in [0.15, 0.2) is 12.1 Å². The van der Waals surface area contributed by atoms with Crippen molar-refractivity contribution in [3.63, 3.8) is 0 Å². The summed E-state index contributed by atoms with van der Waals surface area (Å²) in [6.45, 7) is 0.623. The molecule has 2 aromatic carbocycles. The monoisotopic (exact) mass is 340 g/mol. The fourth-order valence-corrected chi connectivity index (χ4v) is 3.26. The van der Waals surface area contributed by atoms with E-state index in [9.17, 15) is 5.11 Å². The minimum absolute atomic E-state index is 0.0350. The van der Waals surface area contributed by atoms with E-state index >= 15 is 0 Å². The summed E-state index contributed by atoms with van der Waals surface area (Å²) in [6, 6.07) is 20.2. The number of aliphatic hydroxyl groups excluding tert-OH is 1. The zero-order valence-electron chi connectivity index (χ0n) is 14.6. The first kappa shape index (κ1) is 17.3. The minimum atomic E-state index is -0.288. The number of para-hydroxylation sites is 2. The lowest BCUT2D eigenvalue weighted by Crippen LogP contribution is -2.51. The molecule has 1 heterocycles. The fourth-order valence-electron chi connectivity index (χ4n) is 3.26. The van der Waals surface area contributed by atoms with Crippen LogP contribution in [0, 0.1) is 0 Å². The van der Waals surface area contributed by atoms with Crippen LogP contribution in [0.25, 0.3) is 0 Å².